The summed E-state index contributed by atoms with van der Waals surface area (Å²) in [6, 6.07) is 11.3. The number of carbonyl (C=O) groups excluding carboxylic acids is 2. The second-order valence-corrected chi connectivity index (χ2v) is 6.27. The Morgan fingerprint density at radius 1 is 1.08 bits per heavy atom. The molecule has 0 spiro atoms. The third-order valence-electron chi connectivity index (χ3n) is 4.46. The SMILES string of the molecule is NC(=O)c1ccccc1OCCc1ccc(C(=O)N2CCCC2)c(F)c1. The van der Waals surface area contributed by atoms with Gasteiger partial charge in [-0.05, 0) is 42.7 Å². The molecule has 0 unspecified atom stereocenters. The van der Waals surface area contributed by atoms with Gasteiger partial charge in [0.25, 0.3) is 11.8 Å². The van der Waals surface area contributed by atoms with Gasteiger partial charge in [0.1, 0.15) is 11.6 Å². The van der Waals surface area contributed by atoms with Crippen molar-refractivity contribution < 1.29 is 18.7 Å². The predicted octanol–water partition coefficient (Wildman–Crippen LogP) is 2.78. The third-order valence-corrected chi connectivity index (χ3v) is 4.46. The highest BCUT2D eigenvalue weighted by Crippen LogP contribution is 2.19. The Kier molecular flexibility index (Phi) is 5.51. The summed E-state index contributed by atoms with van der Waals surface area (Å²) < 4.78 is 19.9. The lowest BCUT2D eigenvalue weighted by Gasteiger charge is -2.16. The van der Waals surface area contributed by atoms with Crippen LogP contribution in [-0.2, 0) is 6.42 Å². The van der Waals surface area contributed by atoms with Crippen molar-refractivity contribution >= 4 is 11.8 Å². The van der Waals surface area contributed by atoms with Crippen molar-refractivity contribution in [2.24, 2.45) is 5.73 Å². The molecule has 2 N–H and O–H groups in total. The largest absolute Gasteiger partial charge is 0.492 e. The van der Waals surface area contributed by atoms with Gasteiger partial charge in [0.15, 0.2) is 0 Å². The fourth-order valence-corrected chi connectivity index (χ4v) is 3.05. The molecule has 136 valence electrons. The molecule has 5 nitrogen and oxygen atoms in total. The summed E-state index contributed by atoms with van der Waals surface area (Å²) in [4.78, 5) is 25.3. The van der Waals surface area contributed by atoms with Crippen LogP contribution in [0.4, 0.5) is 4.39 Å². The number of nitrogens with zero attached hydrogens (tertiary/aromatic N) is 1. The van der Waals surface area contributed by atoms with Gasteiger partial charge in [0, 0.05) is 19.5 Å². The molecule has 1 fully saturated rings. The molecule has 0 aromatic heterocycles. The zero-order valence-corrected chi connectivity index (χ0v) is 14.4. The average Bonchev–Trinajstić information content (AvgIpc) is 3.16. The topological polar surface area (TPSA) is 72.6 Å². The van der Waals surface area contributed by atoms with E-state index in [0.717, 1.165) is 18.4 Å². The Bertz CT molecular complexity index is 816. The van der Waals surface area contributed by atoms with Crippen LogP contribution >= 0.6 is 0 Å². The third kappa shape index (κ3) is 4.02. The number of halogens is 1. The summed E-state index contributed by atoms with van der Waals surface area (Å²) in [5.41, 5.74) is 6.45. The smallest absolute Gasteiger partial charge is 0.256 e. The molecule has 0 aliphatic carbocycles. The predicted molar refractivity (Wildman–Crippen MR) is 95.7 cm³/mol. The maximum absolute atomic E-state index is 14.3. The zero-order chi connectivity index (χ0) is 18.5. The summed E-state index contributed by atoms with van der Waals surface area (Å²) in [6.45, 7) is 1.64. The van der Waals surface area contributed by atoms with Crippen molar-refractivity contribution in [3.8, 4) is 5.75 Å². The summed E-state index contributed by atoms with van der Waals surface area (Å²) >= 11 is 0. The molecule has 6 heteroatoms. The monoisotopic (exact) mass is 356 g/mol. The van der Waals surface area contributed by atoms with Gasteiger partial charge in [-0.2, -0.15) is 0 Å². The molecule has 0 bridgehead atoms. The van der Waals surface area contributed by atoms with E-state index >= 15 is 0 Å². The number of amides is 2. The van der Waals surface area contributed by atoms with E-state index in [4.69, 9.17) is 10.5 Å². The molecule has 2 aromatic rings. The van der Waals surface area contributed by atoms with Crippen molar-refractivity contribution in [1.82, 2.24) is 4.90 Å². The molecule has 1 aliphatic rings. The van der Waals surface area contributed by atoms with Gasteiger partial charge >= 0.3 is 0 Å². The van der Waals surface area contributed by atoms with Gasteiger partial charge in [-0.25, -0.2) is 4.39 Å². The standard InChI is InChI=1S/C20H21FN2O3/c21-17-13-14(7-8-15(17)20(25)23-10-3-4-11-23)9-12-26-18-6-2-1-5-16(18)19(22)24/h1-2,5-8,13H,3-4,9-12H2,(H2,22,24). The molecular weight excluding hydrogens is 335 g/mol. The van der Waals surface area contributed by atoms with E-state index in [9.17, 15) is 14.0 Å². The van der Waals surface area contributed by atoms with E-state index in [1.165, 1.54) is 12.1 Å². The maximum atomic E-state index is 14.3. The van der Waals surface area contributed by atoms with Crippen LogP contribution in [0.1, 0.15) is 39.1 Å². The number of ether oxygens (including phenoxy) is 1. The van der Waals surface area contributed by atoms with Crippen LogP contribution < -0.4 is 10.5 Å². The number of rotatable bonds is 6. The number of nitrogens with two attached hydrogens (primary N) is 1. The summed E-state index contributed by atoms with van der Waals surface area (Å²) in [7, 11) is 0. The molecule has 3 rings (SSSR count). The fraction of sp³-hybridized carbons (Fsp3) is 0.300. The molecule has 0 radical (unpaired) electrons. The van der Waals surface area contributed by atoms with Crippen molar-refractivity contribution in [3.63, 3.8) is 0 Å². The number of hydrogen-bond donors (Lipinski definition) is 1. The van der Waals surface area contributed by atoms with Crippen molar-refractivity contribution in [1.29, 1.82) is 0 Å². The fourth-order valence-electron chi connectivity index (χ4n) is 3.05. The summed E-state index contributed by atoms with van der Waals surface area (Å²) in [6.07, 6.45) is 2.38. The lowest BCUT2D eigenvalue weighted by Crippen LogP contribution is -2.28. The number of hydrogen-bond acceptors (Lipinski definition) is 3. The molecule has 0 saturated carbocycles. The van der Waals surface area contributed by atoms with Crippen LogP contribution in [0.15, 0.2) is 42.5 Å². The number of para-hydroxylation sites is 1. The minimum absolute atomic E-state index is 0.107. The highest BCUT2D eigenvalue weighted by atomic mass is 19.1. The van der Waals surface area contributed by atoms with Crippen LogP contribution in [0.5, 0.6) is 5.75 Å². The first-order valence-electron chi connectivity index (χ1n) is 8.65. The minimum atomic E-state index is -0.559. The Morgan fingerprint density at radius 2 is 1.81 bits per heavy atom. The minimum Gasteiger partial charge on any atom is -0.492 e. The lowest BCUT2D eigenvalue weighted by atomic mass is 10.1. The van der Waals surface area contributed by atoms with Gasteiger partial charge in [-0.1, -0.05) is 18.2 Å². The van der Waals surface area contributed by atoms with Gasteiger partial charge in [0.2, 0.25) is 0 Å². The van der Waals surface area contributed by atoms with E-state index in [1.54, 1.807) is 35.2 Å². The molecule has 0 atom stereocenters. The number of likely N-dealkylation sites (tertiary alicyclic amines) is 1. The highest BCUT2D eigenvalue weighted by Gasteiger charge is 2.22. The van der Waals surface area contributed by atoms with E-state index in [-0.39, 0.29) is 18.1 Å². The highest BCUT2D eigenvalue weighted by molar-refractivity contribution is 5.95. The van der Waals surface area contributed by atoms with Crippen LogP contribution in [0.3, 0.4) is 0 Å². The van der Waals surface area contributed by atoms with Crippen LogP contribution in [0, 0.1) is 5.82 Å². The van der Waals surface area contributed by atoms with Gasteiger partial charge in [0.05, 0.1) is 17.7 Å². The second-order valence-electron chi connectivity index (χ2n) is 6.27. The Labute approximate surface area is 151 Å². The first kappa shape index (κ1) is 17.9. The number of benzene rings is 2. The summed E-state index contributed by atoms with van der Waals surface area (Å²) in [5.74, 6) is -0.923. The normalized spacial score (nSPS) is 13.7. The average molecular weight is 356 g/mol. The van der Waals surface area contributed by atoms with E-state index in [2.05, 4.69) is 0 Å². The first-order chi connectivity index (χ1) is 12.6. The molecule has 1 saturated heterocycles. The number of carbonyl (C=O) groups is 2. The first-order valence-corrected chi connectivity index (χ1v) is 8.65. The van der Waals surface area contributed by atoms with Gasteiger partial charge < -0.3 is 15.4 Å². The van der Waals surface area contributed by atoms with Crippen LogP contribution in [-0.4, -0.2) is 36.4 Å². The van der Waals surface area contributed by atoms with Crippen LogP contribution in [0.25, 0.3) is 0 Å². The van der Waals surface area contributed by atoms with Crippen molar-refractivity contribution in [2.75, 3.05) is 19.7 Å². The maximum Gasteiger partial charge on any atom is 0.256 e. The Hall–Kier alpha value is -2.89. The number of primary amides is 1. The lowest BCUT2D eigenvalue weighted by molar-refractivity contribution is 0.0788. The Morgan fingerprint density at radius 3 is 2.50 bits per heavy atom. The molecule has 2 amide bonds. The van der Waals surface area contributed by atoms with E-state index in [0.29, 0.717) is 30.8 Å². The quantitative estimate of drug-likeness (QED) is 0.865. The molecule has 26 heavy (non-hydrogen) atoms. The summed E-state index contributed by atoms with van der Waals surface area (Å²) in [5, 5.41) is 0. The van der Waals surface area contributed by atoms with Gasteiger partial charge in [-0.3, -0.25) is 9.59 Å². The van der Waals surface area contributed by atoms with E-state index in [1.807, 2.05) is 0 Å². The molecule has 1 heterocycles. The van der Waals surface area contributed by atoms with Crippen LogP contribution in [0.2, 0.25) is 0 Å². The molecule has 1 aliphatic heterocycles. The van der Waals surface area contributed by atoms with Gasteiger partial charge in [-0.15, -0.1) is 0 Å². The molecule has 2 aromatic carbocycles. The molecular formula is C20H21FN2O3. The zero-order valence-electron chi connectivity index (χ0n) is 14.4. The van der Waals surface area contributed by atoms with E-state index < -0.39 is 11.7 Å². The van der Waals surface area contributed by atoms with Crippen molar-refractivity contribution in [2.45, 2.75) is 19.3 Å². The second kappa shape index (κ2) is 7.99. The van der Waals surface area contributed by atoms with Crippen molar-refractivity contribution in [3.05, 3.63) is 65.0 Å². The Balaban J connectivity index is 1.62.